The zero-order valence-electron chi connectivity index (χ0n) is 32.3. The maximum atomic E-state index is 10.2. The lowest BCUT2D eigenvalue weighted by Crippen LogP contribution is -2.52. The number of hydrogen-bond acceptors (Lipinski definition) is 12. The highest BCUT2D eigenvalue weighted by molar-refractivity contribution is 6.61. The van der Waals surface area contributed by atoms with Gasteiger partial charge in [0.15, 0.2) is 0 Å². The summed E-state index contributed by atoms with van der Waals surface area (Å²) < 4.78 is 34.0. The SMILES string of the molecule is CC(=O)O.CC(=O)[O-].CC(C)=O.CCCCNC(C)=O.CCO[Si](CCCN)(OCC)OCC.CCO[Si](CCC[NH3+])(OCC)OCC. The molecule has 0 radical (unpaired) electrons. The molecule has 0 fully saturated rings. The van der Waals surface area contributed by atoms with E-state index in [1.807, 2.05) is 41.5 Å². The minimum absolute atomic E-state index is 0.0680. The Balaban J connectivity index is -0.000000120. The number of carbonyl (C=O) groups is 4. The van der Waals surface area contributed by atoms with Gasteiger partial charge in [0.1, 0.15) is 5.78 Å². The van der Waals surface area contributed by atoms with E-state index in [0.29, 0.717) is 46.2 Å². The lowest BCUT2D eigenvalue weighted by Gasteiger charge is -2.28. The fraction of sp³-hybridized carbons (Fsp3) is 0.871. The second-order valence-corrected chi connectivity index (χ2v) is 15.0. The summed E-state index contributed by atoms with van der Waals surface area (Å²) >= 11 is 0. The quantitative estimate of drug-likeness (QED) is 0.0981. The molecule has 0 bridgehead atoms. The van der Waals surface area contributed by atoms with Gasteiger partial charge < -0.3 is 63.1 Å². The van der Waals surface area contributed by atoms with Gasteiger partial charge in [0.05, 0.1) is 6.54 Å². The maximum absolute atomic E-state index is 10.2. The monoisotopic (exact) mass is 735 g/mol. The zero-order chi connectivity index (χ0) is 38.9. The van der Waals surface area contributed by atoms with Crippen molar-refractivity contribution in [2.75, 3.05) is 59.3 Å². The number of quaternary nitrogens is 1. The normalized spacial score (nSPS) is 10.0. The van der Waals surface area contributed by atoms with E-state index in [1.54, 1.807) is 0 Å². The second kappa shape index (κ2) is 45.2. The Bertz CT molecular complexity index is 620. The summed E-state index contributed by atoms with van der Waals surface area (Å²) in [6, 6.07) is 1.70. The smallest absolute Gasteiger partial charge is 0.501 e. The first kappa shape index (κ1) is 58.4. The third kappa shape index (κ3) is 59.6. The van der Waals surface area contributed by atoms with Crippen LogP contribution in [0.3, 0.4) is 0 Å². The number of amides is 1. The zero-order valence-corrected chi connectivity index (χ0v) is 34.3. The number of carboxylic acids is 2. The highest BCUT2D eigenvalue weighted by Gasteiger charge is 2.40. The molecule has 0 saturated heterocycles. The minimum Gasteiger partial charge on any atom is -0.550 e. The van der Waals surface area contributed by atoms with Crippen molar-refractivity contribution in [3.8, 4) is 0 Å². The molecule has 0 aromatic carbocycles. The molecule has 0 atom stereocenters. The van der Waals surface area contributed by atoms with E-state index in [4.69, 9.17) is 52.1 Å². The maximum Gasteiger partial charge on any atom is 0.501 e. The van der Waals surface area contributed by atoms with Crippen molar-refractivity contribution in [1.82, 2.24) is 5.32 Å². The number of carbonyl (C=O) groups excluding carboxylic acids is 3. The van der Waals surface area contributed by atoms with Gasteiger partial charge in [-0.2, -0.15) is 0 Å². The Labute approximate surface area is 293 Å². The Morgan fingerprint density at radius 1 is 0.667 bits per heavy atom. The summed E-state index contributed by atoms with van der Waals surface area (Å²) in [7, 11) is -4.75. The number of aliphatic carboxylic acids is 2. The summed E-state index contributed by atoms with van der Waals surface area (Å²) in [6.07, 6.45) is 4.12. The number of carboxylic acid groups (broad SMARTS) is 2. The van der Waals surface area contributed by atoms with Gasteiger partial charge in [-0.1, -0.05) is 13.3 Å². The molecule has 0 unspecified atom stereocenters. The third-order valence-electron chi connectivity index (χ3n) is 4.51. The molecule has 15 nitrogen and oxygen atoms in total. The van der Waals surface area contributed by atoms with Crippen LogP contribution in [-0.4, -0.2) is 106 Å². The first-order valence-corrected chi connectivity index (χ1v) is 20.7. The summed E-state index contributed by atoms with van der Waals surface area (Å²) in [5.74, 6) is -1.68. The van der Waals surface area contributed by atoms with Crippen LogP contribution >= 0.6 is 0 Å². The van der Waals surface area contributed by atoms with Gasteiger partial charge in [-0.3, -0.25) is 9.59 Å². The molecule has 0 rings (SSSR count). The molecule has 48 heavy (non-hydrogen) atoms. The van der Waals surface area contributed by atoms with E-state index in [0.717, 1.165) is 64.7 Å². The molecule has 7 N–H and O–H groups in total. The molecule has 17 heteroatoms. The number of Topliss-reactive ketones (excluding diaryl/α,β-unsaturated/α-hetero) is 1. The van der Waals surface area contributed by atoms with Gasteiger partial charge >= 0.3 is 17.6 Å². The third-order valence-corrected chi connectivity index (χ3v) is 10.8. The van der Waals surface area contributed by atoms with Crippen LogP contribution in [0.25, 0.3) is 0 Å². The Hall–Kier alpha value is -1.81. The Morgan fingerprint density at radius 2 is 0.938 bits per heavy atom. The van der Waals surface area contributed by atoms with Gasteiger partial charge in [-0.25, -0.2) is 0 Å². The predicted octanol–water partition coefficient (Wildman–Crippen LogP) is 2.42. The largest absolute Gasteiger partial charge is 0.550 e. The lowest BCUT2D eigenvalue weighted by atomic mass is 10.3. The Kier molecular flexibility index (Phi) is 55.0. The number of unbranched alkanes of at least 4 members (excludes halogenated alkanes) is 1. The molecule has 0 aromatic rings. The van der Waals surface area contributed by atoms with Crippen molar-refractivity contribution in [2.45, 2.75) is 121 Å². The summed E-state index contributed by atoms with van der Waals surface area (Å²) in [4.78, 5) is 37.5. The van der Waals surface area contributed by atoms with Crippen LogP contribution in [0.2, 0.25) is 12.1 Å². The second-order valence-electron chi connectivity index (χ2n) is 9.57. The van der Waals surface area contributed by atoms with Gasteiger partial charge in [-0.05, 0) is 81.7 Å². The molecular weight excluding hydrogens is 663 g/mol. The summed E-state index contributed by atoms with van der Waals surface area (Å²) in [5, 5.41) is 19.0. The molecule has 0 aliphatic heterocycles. The van der Waals surface area contributed by atoms with E-state index in [2.05, 4.69) is 18.0 Å². The van der Waals surface area contributed by atoms with Crippen LogP contribution in [0.4, 0.5) is 0 Å². The molecule has 0 aromatic heterocycles. The van der Waals surface area contributed by atoms with Crippen molar-refractivity contribution >= 4 is 41.2 Å². The van der Waals surface area contributed by atoms with E-state index >= 15 is 0 Å². The van der Waals surface area contributed by atoms with Crippen molar-refractivity contribution in [3.63, 3.8) is 0 Å². The van der Waals surface area contributed by atoms with Gasteiger partial charge in [0.2, 0.25) is 5.91 Å². The fourth-order valence-corrected chi connectivity index (χ4v) is 8.43. The standard InChI is InChI=1S/2C9H23NO3Si.C6H13NO.C3H6O.2C2H4O2/c2*1-4-11-14(12-5-2,13-6-3)9-7-8-10;1-3-4-5-7-6(2)8;1-3(2)4;2*1-2(3)4/h2*4-10H2,1-3H3;3-5H2,1-2H3,(H,7,8);1-2H3;2*1H3,(H,3,4). The van der Waals surface area contributed by atoms with E-state index in [9.17, 15) is 9.59 Å². The number of hydrogen-bond donors (Lipinski definition) is 4. The van der Waals surface area contributed by atoms with Crippen LogP contribution in [0, 0.1) is 0 Å². The number of ketones is 1. The van der Waals surface area contributed by atoms with E-state index in [-0.39, 0.29) is 11.7 Å². The van der Waals surface area contributed by atoms with Crippen molar-refractivity contribution in [3.05, 3.63) is 0 Å². The molecule has 1 amide bonds. The average Bonchev–Trinajstić information content (AvgIpc) is 2.96. The molecule has 0 aliphatic carbocycles. The van der Waals surface area contributed by atoms with Crippen molar-refractivity contribution < 1.29 is 61.7 Å². The van der Waals surface area contributed by atoms with Gasteiger partial charge in [0.25, 0.3) is 5.97 Å². The van der Waals surface area contributed by atoms with Crippen molar-refractivity contribution in [2.24, 2.45) is 5.73 Å². The number of nitrogens with one attached hydrogen (secondary N) is 1. The van der Waals surface area contributed by atoms with Gasteiger partial charge in [-0.15, -0.1) is 0 Å². The highest BCUT2D eigenvalue weighted by atomic mass is 28.4. The van der Waals surface area contributed by atoms with Crippen LogP contribution in [-0.2, 0) is 45.7 Å². The molecule has 292 valence electrons. The summed E-state index contributed by atoms with van der Waals surface area (Å²) in [6.45, 7) is 26.8. The van der Waals surface area contributed by atoms with E-state index in [1.165, 1.54) is 20.8 Å². The minimum atomic E-state index is -2.40. The van der Waals surface area contributed by atoms with Crippen LogP contribution in [0.15, 0.2) is 0 Å². The molecule has 0 saturated carbocycles. The topological polar surface area (TPSA) is 233 Å². The molecule has 0 heterocycles. The van der Waals surface area contributed by atoms with E-state index < -0.39 is 29.5 Å². The lowest BCUT2D eigenvalue weighted by molar-refractivity contribution is -0.367. The molecule has 0 aliphatic rings. The predicted molar refractivity (Wildman–Crippen MR) is 191 cm³/mol. The molecular formula is C31H73N3O12Si2. The first-order chi connectivity index (χ1) is 22.5. The fourth-order valence-electron chi connectivity index (χ4n) is 3.10. The number of nitrogens with two attached hydrogens (primary N) is 1. The van der Waals surface area contributed by atoms with Crippen LogP contribution < -0.4 is 21.9 Å². The summed E-state index contributed by atoms with van der Waals surface area (Å²) in [5.41, 5.74) is 9.30. The average molecular weight is 736 g/mol. The Morgan fingerprint density at radius 3 is 1.12 bits per heavy atom. The molecule has 0 spiro atoms. The number of rotatable bonds is 21. The van der Waals surface area contributed by atoms with Crippen molar-refractivity contribution in [1.29, 1.82) is 0 Å². The van der Waals surface area contributed by atoms with Crippen LogP contribution in [0.5, 0.6) is 0 Å². The highest BCUT2D eigenvalue weighted by Crippen LogP contribution is 2.18. The van der Waals surface area contributed by atoms with Gasteiger partial charge in [0, 0.05) is 84.5 Å². The van der Waals surface area contributed by atoms with Crippen LogP contribution in [0.1, 0.15) is 109 Å². The first-order valence-electron chi connectivity index (χ1n) is 16.9.